The first-order chi connectivity index (χ1) is 19.2. The predicted molar refractivity (Wildman–Crippen MR) is 144 cm³/mol. The number of nitrogens with one attached hydrogen (secondary N) is 1. The lowest BCUT2D eigenvalue weighted by Crippen LogP contribution is -2.48. The monoisotopic (exact) mass is 578 g/mol. The van der Waals surface area contributed by atoms with E-state index < -0.39 is 35.7 Å². The zero-order chi connectivity index (χ0) is 30.1. The Kier molecular flexibility index (Phi) is 8.79. The van der Waals surface area contributed by atoms with Crippen LogP contribution in [0.15, 0.2) is 42.5 Å². The third-order valence-electron chi connectivity index (χ3n) is 8.17. The Morgan fingerprint density at radius 1 is 0.976 bits per heavy atom. The van der Waals surface area contributed by atoms with Crippen LogP contribution < -0.4 is 10.2 Å². The Balaban J connectivity index is 1.54. The van der Waals surface area contributed by atoms with Crippen molar-refractivity contribution in [3.63, 3.8) is 0 Å². The average Bonchev–Trinajstić information content (AvgIpc) is 3.36. The summed E-state index contributed by atoms with van der Waals surface area (Å²) in [5.41, 5.74) is 0.320. The Morgan fingerprint density at radius 3 is 2.20 bits per heavy atom. The van der Waals surface area contributed by atoms with Gasteiger partial charge in [-0.1, -0.05) is 12.1 Å². The number of hydrogen-bond acceptors (Lipinski definition) is 3. The van der Waals surface area contributed by atoms with Gasteiger partial charge in [-0.25, -0.2) is 14.0 Å². The number of halogens is 4. The lowest BCUT2D eigenvalue weighted by Gasteiger charge is -2.33. The van der Waals surface area contributed by atoms with Crippen molar-refractivity contribution in [2.24, 2.45) is 5.92 Å². The van der Waals surface area contributed by atoms with Crippen LogP contribution >= 0.6 is 0 Å². The SMILES string of the molecule is Cc1cc(N(C)C(=O)N(C)[C@@H]2CN(C(=O)[C@H]3CC[C@H](NC(=O)O)CC3)C[C@H]2c2ccc(F)cc2)cc(C(F)(F)F)c1. The molecule has 2 aliphatic rings. The van der Waals surface area contributed by atoms with E-state index in [-0.39, 0.29) is 42.6 Å². The van der Waals surface area contributed by atoms with Crippen LogP contribution in [0.4, 0.5) is 32.8 Å². The molecule has 0 unspecified atom stereocenters. The predicted octanol–water partition coefficient (Wildman–Crippen LogP) is 5.46. The molecule has 2 atom stereocenters. The van der Waals surface area contributed by atoms with E-state index in [4.69, 9.17) is 5.11 Å². The van der Waals surface area contributed by atoms with Crippen LogP contribution in [-0.4, -0.2) is 72.2 Å². The highest BCUT2D eigenvalue weighted by atomic mass is 19.4. The van der Waals surface area contributed by atoms with Crippen molar-refractivity contribution in [2.45, 2.75) is 56.8 Å². The fraction of sp³-hybridized carbons (Fsp3) is 0.483. The molecule has 8 nitrogen and oxygen atoms in total. The Labute approximate surface area is 235 Å². The zero-order valence-electron chi connectivity index (χ0n) is 23.1. The number of carbonyl (C=O) groups excluding carboxylic acids is 2. The minimum absolute atomic E-state index is 0.0870. The lowest BCUT2D eigenvalue weighted by molar-refractivity contribution is -0.137. The molecule has 2 aromatic carbocycles. The molecule has 1 heterocycles. The highest BCUT2D eigenvalue weighted by Crippen LogP contribution is 2.36. The van der Waals surface area contributed by atoms with Gasteiger partial charge in [0.05, 0.1) is 11.6 Å². The van der Waals surface area contributed by atoms with Crippen molar-refractivity contribution in [1.29, 1.82) is 0 Å². The third-order valence-corrected chi connectivity index (χ3v) is 8.17. The van der Waals surface area contributed by atoms with Crippen LogP contribution in [-0.2, 0) is 11.0 Å². The summed E-state index contributed by atoms with van der Waals surface area (Å²) in [6.07, 6.45) is -3.53. The van der Waals surface area contributed by atoms with Crippen LogP contribution in [0.1, 0.15) is 48.3 Å². The summed E-state index contributed by atoms with van der Waals surface area (Å²) in [5.74, 6) is -1.15. The maximum Gasteiger partial charge on any atom is 0.416 e. The normalized spacial score (nSPS) is 22.8. The van der Waals surface area contributed by atoms with Crippen LogP contribution in [0.3, 0.4) is 0 Å². The molecule has 4 amide bonds. The van der Waals surface area contributed by atoms with Crippen molar-refractivity contribution in [2.75, 3.05) is 32.1 Å². The van der Waals surface area contributed by atoms with Crippen molar-refractivity contribution >= 4 is 23.7 Å². The number of hydrogen-bond donors (Lipinski definition) is 2. The number of rotatable bonds is 5. The Bertz CT molecular complexity index is 1280. The van der Waals surface area contributed by atoms with Crippen molar-refractivity contribution in [3.05, 3.63) is 65.0 Å². The summed E-state index contributed by atoms with van der Waals surface area (Å²) >= 11 is 0. The molecule has 222 valence electrons. The van der Waals surface area contributed by atoms with E-state index in [2.05, 4.69) is 5.32 Å². The number of likely N-dealkylation sites (N-methyl/N-ethyl adjacent to an activating group) is 1. The maximum atomic E-state index is 13.7. The van der Waals surface area contributed by atoms with Gasteiger partial charge in [-0.3, -0.25) is 9.69 Å². The highest BCUT2D eigenvalue weighted by molar-refractivity contribution is 5.92. The molecule has 4 rings (SSSR count). The molecule has 1 aliphatic heterocycles. The zero-order valence-corrected chi connectivity index (χ0v) is 23.1. The molecular formula is C29H34F4N4O4. The molecular weight excluding hydrogens is 544 g/mol. The quantitative estimate of drug-likeness (QED) is 0.461. The van der Waals surface area contributed by atoms with Gasteiger partial charge >= 0.3 is 18.3 Å². The number of carbonyl (C=O) groups is 3. The summed E-state index contributed by atoms with van der Waals surface area (Å²) in [7, 11) is 2.96. The molecule has 0 radical (unpaired) electrons. The first-order valence-corrected chi connectivity index (χ1v) is 13.5. The molecule has 2 aromatic rings. The highest BCUT2D eigenvalue weighted by Gasteiger charge is 2.43. The molecule has 2 fully saturated rings. The smallest absolute Gasteiger partial charge is 0.416 e. The molecule has 41 heavy (non-hydrogen) atoms. The number of likely N-dealkylation sites (tertiary alicyclic amines) is 1. The van der Waals surface area contributed by atoms with Crippen molar-refractivity contribution < 1.29 is 37.1 Å². The lowest BCUT2D eigenvalue weighted by atomic mass is 9.85. The van der Waals surface area contributed by atoms with E-state index in [0.29, 0.717) is 31.2 Å². The van der Waals surface area contributed by atoms with E-state index in [1.807, 2.05) is 0 Å². The summed E-state index contributed by atoms with van der Waals surface area (Å²) in [6, 6.07) is 8.03. The Hall–Kier alpha value is -3.83. The number of nitrogens with zero attached hydrogens (tertiary/aromatic N) is 3. The summed E-state index contributed by atoms with van der Waals surface area (Å²) in [6.45, 7) is 2.01. The van der Waals surface area contributed by atoms with Gasteiger partial charge in [-0.05, 0) is 74.1 Å². The first-order valence-electron chi connectivity index (χ1n) is 13.5. The molecule has 0 aromatic heterocycles. The van der Waals surface area contributed by atoms with Crippen LogP contribution in [0.25, 0.3) is 0 Å². The average molecular weight is 579 g/mol. The van der Waals surface area contributed by atoms with Crippen LogP contribution in [0.2, 0.25) is 0 Å². The fourth-order valence-corrected chi connectivity index (χ4v) is 5.92. The first kappa shape index (κ1) is 30.1. The van der Waals surface area contributed by atoms with Gasteiger partial charge in [0.2, 0.25) is 5.91 Å². The molecule has 0 bridgehead atoms. The molecule has 0 spiro atoms. The van der Waals surface area contributed by atoms with E-state index in [1.54, 1.807) is 24.1 Å². The number of alkyl halides is 3. The summed E-state index contributed by atoms with van der Waals surface area (Å²) in [4.78, 5) is 42.4. The number of carboxylic acid groups (broad SMARTS) is 1. The van der Waals surface area contributed by atoms with E-state index >= 15 is 0 Å². The molecule has 1 saturated carbocycles. The number of amides is 4. The van der Waals surface area contributed by atoms with Gasteiger partial charge < -0.3 is 20.2 Å². The van der Waals surface area contributed by atoms with Crippen molar-refractivity contribution in [3.8, 4) is 0 Å². The number of aryl methyl sites for hydroxylation is 1. The number of urea groups is 1. The molecule has 1 saturated heterocycles. The molecule has 1 aliphatic carbocycles. The number of benzene rings is 2. The Morgan fingerprint density at radius 2 is 1.61 bits per heavy atom. The van der Waals surface area contributed by atoms with Crippen LogP contribution in [0.5, 0.6) is 0 Å². The van der Waals surface area contributed by atoms with E-state index in [1.165, 1.54) is 37.1 Å². The van der Waals surface area contributed by atoms with Gasteiger partial charge in [0.1, 0.15) is 5.82 Å². The largest absolute Gasteiger partial charge is 0.465 e. The number of anilines is 1. The topological polar surface area (TPSA) is 93.2 Å². The summed E-state index contributed by atoms with van der Waals surface area (Å²) in [5, 5.41) is 11.4. The second-order valence-corrected chi connectivity index (χ2v) is 11.0. The minimum atomic E-state index is -4.57. The molecule has 2 N–H and O–H groups in total. The van der Waals surface area contributed by atoms with Gasteiger partial charge in [0, 0.05) is 50.7 Å². The van der Waals surface area contributed by atoms with Crippen LogP contribution in [0, 0.1) is 18.7 Å². The van der Waals surface area contributed by atoms with Gasteiger partial charge in [0.15, 0.2) is 0 Å². The maximum absolute atomic E-state index is 13.7. The van der Waals surface area contributed by atoms with Gasteiger partial charge in [0.25, 0.3) is 0 Å². The van der Waals surface area contributed by atoms with Crippen molar-refractivity contribution in [1.82, 2.24) is 15.1 Å². The van der Waals surface area contributed by atoms with Gasteiger partial charge in [-0.2, -0.15) is 13.2 Å². The minimum Gasteiger partial charge on any atom is -0.465 e. The summed E-state index contributed by atoms with van der Waals surface area (Å²) < 4.78 is 54.0. The van der Waals surface area contributed by atoms with E-state index in [9.17, 15) is 31.9 Å². The second kappa shape index (κ2) is 12.0. The standard InChI is InChI=1S/C29H34F4N4O4/c1-17-12-20(29(31,32)33)14-23(13-17)35(2)28(41)36(3)25-16-37(15-24(25)18-4-8-21(30)9-5-18)26(38)19-6-10-22(11-7-19)34-27(39)40/h4-5,8-9,12-14,19,22,24-25,34H,6-7,10-11,15-16H2,1-3H3,(H,39,40)/t19-,22-,24-,25+/m0/s1. The van der Waals surface area contributed by atoms with E-state index in [0.717, 1.165) is 22.6 Å². The fourth-order valence-electron chi connectivity index (χ4n) is 5.92. The second-order valence-electron chi connectivity index (χ2n) is 11.0. The van der Waals surface area contributed by atoms with Gasteiger partial charge in [-0.15, -0.1) is 0 Å². The third kappa shape index (κ3) is 6.91. The molecule has 12 heteroatoms.